The van der Waals surface area contributed by atoms with E-state index < -0.39 is 11.6 Å². The Labute approximate surface area is 88.3 Å². The lowest BCUT2D eigenvalue weighted by Crippen LogP contribution is -2.03. The van der Waals surface area contributed by atoms with E-state index in [0.29, 0.717) is 5.69 Å². The Hall–Kier alpha value is -1.16. The molecule has 4 heteroatoms. The minimum atomic E-state index is -0.822. The first kappa shape index (κ1) is 11.9. The van der Waals surface area contributed by atoms with Crippen molar-refractivity contribution in [1.82, 2.24) is 0 Å². The molecule has 0 unspecified atom stereocenters. The molecule has 0 bridgehead atoms. The van der Waals surface area contributed by atoms with E-state index in [1.807, 2.05) is 0 Å². The maximum atomic E-state index is 12.8. The molecule has 0 heterocycles. The topological polar surface area (TPSA) is 21.3 Å². The van der Waals surface area contributed by atoms with Crippen molar-refractivity contribution in [3.8, 4) is 0 Å². The van der Waals surface area contributed by atoms with Crippen LogP contribution in [0.2, 0.25) is 0 Å². The van der Waals surface area contributed by atoms with Crippen molar-refractivity contribution < 1.29 is 13.5 Å². The Morgan fingerprint density at radius 2 is 2.00 bits per heavy atom. The molecule has 1 rings (SSSR count). The Balaban J connectivity index is 2.28. The predicted octanol–water partition coefficient (Wildman–Crippen LogP) is 2.80. The highest BCUT2D eigenvalue weighted by atomic mass is 19.2. The second-order valence-corrected chi connectivity index (χ2v) is 3.26. The van der Waals surface area contributed by atoms with E-state index in [4.69, 9.17) is 4.74 Å². The van der Waals surface area contributed by atoms with Crippen molar-refractivity contribution >= 4 is 5.69 Å². The fourth-order valence-electron chi connectivity index (χ4n) is 1.21. The zero-order valence-corrected chi connectivity index (χ0v) is 8.72. The number of benzene rings is 1. The summed E-state index contributed by atoms with van der Waals surface area (Å²) in [5.74, 6) is -1.64. The molecule has 1 aromatic carbocycles. The van der Waals surface area contributed by atoms with E-state index in [9.17, 15) is 8.78 Å². The third-order valence-corrected chi connectivity index (χ3v) is 2.02. The highest BCUT2D eigenvalue weighted by Crippen LogP contribution is 2.12. The second-order valence-electron chi connectivity index (χ2n) is 3.26. The monoisotopic (exact) mass is 215 g/mol. The fourth-order valence-corrected chi connectivity index (χ4v) is 1.21. The molecule has 1 aromatic rings. The number of unbranched alkanes of at least 4 members (excludes halogenated alkanes) is 1. The van der Waals surface area contributed by atoms with Crippen molar-refractivity contribution in [2.45, 2.75) is 12.8 Å². The average Bonchev–Trinajstić information content (AvgIpc) is 2.23. The molecule has 0 atom stereocenters. The van der Waals surface area contributed by atoms with Gasteiger partial charge >= 0.3 is 0 Å². The highest BCUT2D eigenvalue weighted by molar-refractivity contribution is 5.43. The van der Waals surface area contributed by atoms with Gasteiger partial charge in [-0.3, -0.25) is 0 Å². The highest BCUT2D eigenvalue weighted by Gasteiger charge is 2.01. The molecule has 0 saturated carbocycles. The Morgan fingerprint density at radius 3 is 2.67 bits per heavy atom. The molecule has 84 valence electrons. The quantitative estimate of drug-likeness (QED) is 0.737. The third-order valence-electron chi connectivity index (χ3n) is 2.02. The van der Waals surface area contributed by atoms with Gasteiger partial charge in [0.05, 0.1) is 0 Å². The molecular weight excluding hydrogens is 200 g/mol. The van der Waals surface area contributed by atoms with Crippen molar-refractivity contribution in [3.63, 3.8) is 0 Å². The third kappa shape index (κ3) is 4.25. The molecule has 0 spiro atoms. The number of methoxy groups -OCH3 is 1. The zero-order chi connectivity index (χ0) is 11.1. The molecule has 0 fully saturated rings. The van der Waals surface area contributed by atoms with Crippen LogP contribution >= 0.6 is 0 Å². The van der Waals surface area contributed by atoms with Gasteiger partial charge < -0.3 is 10.1 Å². The molecular formula is C11H15F2NO. The van der Waals surface area contributed by atoms with Gasteiger partial charge in [0.1, 0.15) is 0 Å². The lowest BCUT2D eigenvalue weighted by molar-refractivity contribution is 0.194. The standard InChI is InChI=1S/C11H15F2NO/c1-15-7-3-2-6-14-9-4-5-10(12)11(13)8-9/h4-5,8,14H,2-3,6-7H2,1H3. The SMILES string of the molecule is COCCCCNc1ccc(F)c(F)c1. The summed E-state index contributed by atoms with van der Waals surface area (Å²) in [4.78, 5) is 0. The largest absolute Gasteiger partial charge is 0.385 e. The summed E-state index contributed by atoms with van der Waals surface area (Å²) < 4.78 is 30.2. The van der Waals surface area contributed by atoms with Crippen molar-refractivity contribution in [3.05, 3.63) is 29.8 Å². The van der Waals surface area contributed by atoms with E-state index in [1.54, 1.807) is 7.11 Å². The summed E-state index contributed by atoms with van der Waals surface area (Å²) in [5.41, 5.74) is 0.603. The van der Waals surface area contributed by atoms with E-state index >= 15 is 0 Å². The van der Waals surface area contributed by atoms with E-state index in [2.05, 4.69) is 5.32 Å². The van der Waals surface area contributed by atoms with E-state index in [0.717, 1.165) is 38.1 Å². The van der Waals surface area contributed by atoms with Crippen molar-refractivity contribution in [2.75, 3.05) is 25.6 Å². The van der Waals surface area contributed by atoms with Crippen LogP contribution in [0.25, 0.3) is 0 Å². The first-order chi connectivity index (χ1) is 7.24. The maximum Gasteiger partial charge on any atom is 0.160 e. The lowest BCUT2D eigenvalue weighted by Gasteiger charge is -2.06. The van der Waals surface area contributed by atoms with E-state index in [1.165, 1.54) is 6.07 Å². The average molecular weight is 215 g/mol. The Morgan fingerprint density at radius 1 is 1.20 bits per heavy atom. The minimum Gasteiger partial charge on any atom is -0.385 e. The summed E-state index contributed by atoms with van der Waals surface area (Å²) >= 11 is 0. The summed E-state index contributed by atoms with van der Waals surface area (Å²) in [6, 6.07) is 3.80. The van der Waals surface area contributed by atoms with Crippen molar-refractivity contribution in [1.29, 1.82) is 0 Å². The minimum absolute atomic E-state index is 0.603. The second kappa shape index (κ2) is 6.35. The molecule has 15 heavy (non-hydrogen) atoms. The van der Waals surface area contributed by atoms with Gasteiger partial charge in [-0.15, -0.1) is 0 Å². The first-order valence-electron chi connectivity index (χ1n) is 4.92. The van der Waals surface area contributed by atoms with Crippen LogP contribution in [0.4, 0.5) is 14.5 Å². The molecule has 0 aliphatic carbocycles. The number of ether oxygens (including phenoxy) is 1. The van der Waals surface area contributed by atoms with Crippen LogP contribution in [0.1, 0.15) is 12.8 Å². The van der Waals surface area contributed by atoms with Crippen LogP contribution < -0.4 is 5.32 Å². The van der Waals surface area contributed by atoms with Gasteiger partial charge in [-0.05, 0) is 31.0 Å². The molecule has 1 N–H and O–H groups in total. The van der Waals surface area contributed by atoms with Crippen LogP contribution in [-0.4, -0.2) is 20.3 Å². The van der Waals surface area contributed by atoms with Gasteiger partial charge in [0.25, 0.3) is 0 Å². The van der Waals surface area contributed by atoms with Crippen molar-refractivity contribution in [2.24, 2.45) is 0 Å². The Kier molecular flexibility index (Phi) is 5.04. The van der Waals surface area contributed by atoms with Gasteiger partial charge in [0, 0.05) is 25.9 Å². The number of rotatable bonds is 6. The van der Waals surface area contributed by atoms with E-state index in [-0.39, 0.29) is 0 Å². The van der Waals surface area contributed by atoms with Gasteiger partial charge in [-0.25, -0.2) is 8.78 Å². The molecule has 0 aliphatic rings. The number of hydrogen-bond donors (Lipinski definition) is 1. The van der Waals surface area contributed by atoms with Gasteiger partial charge in [0.15, 0.2) is 11.6 Å². The normalized spacial score (nSPS) is 10.3. The number of anilines is 1. The van der Waals surface area contributed by atoms with Crippen LogP contribution in [0.3, 0.4) is 0 Å². The van der Waals surface area contributed by atoms with Gasteiger partial charge in [-0.2, -0.15) is 0 Å². The molecule has 0 amide bonds. The molecule has 0 saturated heterocycles. The predicted molar refractivity (Wildman–Crippen MR) is 56.0 cm³/mol. The molecule has 0 aliphatic heterocycles. The molecule has 2 nitrogen and oxygen atoms in total. The fraction of sp³-hybridized carbons (Fsp3) is 0.455. The van der Waals surface area contributed by atoms with Crippen LogP contribution in [0.5, 0.6) is 0 Å². The molecule has 0 aromatic heterocycles. The summed E-state index contributed by atoms with van der Waals surface area (Å²) in [6.07, 6.45) is 1.89. The van der Waals surface area contributed by atoms with Gasteiger partial charge in [-0.1, -0.05) is 0 Å². The van der Waals surface area contributed by atoms with Gasteiger partial charge in [0.2, 0.25) is 0 Å². The number of halogens is 2. The van der Waals surface area contributed by atoms with Crippen LogP contribution in [-0.2, 0) is 4.74 Å². The molecule has 0 radical (unpaired) electrons. The van der Waals surface area contributed by atoms with Crippen LogP contribution in [0, 0.1) is 11.6 Å². The number of hydrogen-bond acceptors (Lipinski definition) is 2. The first-order valence-corrected chi connectivity index (χ1v) is 4.92. The summed E-state index contributed by atoms with van der Waals surface area (Å²) in [5, 5.41) is 3.01. The van der Waals surface area contributed by atoms with Crippen LogP contribution in [0.15, 0.2) is 18.2 Å². The smallest absolute Gasteiger partial charge is 0.160 e. The summed E-state index contributed by atoms with van der Waals surface area (Å²) in [7, 11) is 1.66. The lowest BCUT2D eigenvalue weighted by atomic mass is 10.2. The zero-order valence-electron chi connectivity index (χ0n) is 8.72. The summed E-state index contributed by atoms with van der Waals surface area (Å²) in [6.45, 7) is 1.45. The number of nitrogens with one attached hydrogen (secondary N) is 1. The maximum absolute atomic E-state index is 12.8. The Bertz CT molecular complexity index is 305.